The molecule has 3 aromatic rings. The molecule has 4 rings (SSSR count). The first kappa shape index (κ1) is 20.2. The number of nitrogens with zero attached hydrogens (tertiary/aromatic N) is 1. The minimum Gasteiger partial charge on any atom is -0.493 e. The fraction of sp³-hybridized carbons (Fsp3) is 0.296. The first-order chi connectivity index (χ1) is 14.8. The highest BCUT2D eigenvalue weighted by atomic mass is 16.5. The van der Waals surface area contributed by atoms with Crippen molar-refractivity contribution in [3.63, 3.8) is 0 Å². The minimum absolute atomic E-state index is 0.0963. The topological polar surface area (TPSA) is 29.5 Å². The van der Waals surface area contributed by atoms with Gasteiger partial charge in [0.25, 0.3) is 0 Å². The van der Waals surface area contributed by atoms with Crippen LogP contribution in [0.3, 0.4) is 0 Å². The van der Waals surface area contributed by atoms with Gasteiger partial charge in [-0.15, -0.1) is 0 Å². The number of hydrogen-bond donors (Lipinski definition) is 0. The molecule has 0 unspecified atom stereocenters. The lowest BCUT2D eigenvalue weighted by molar-refractivity contribution is -0.133. The number of benzene rings is 3. The summed E-state index contributed by atoms with van der Waals surface area (Å²) in [6, 6.07) is 30.7. The molecule has 1 saturated heterocycles. The van der Waals surface area contributed by atoms with Gasteiger partial charge in [-0.3, -0.25) is 4.79 Å². The van der Waals surface area contributed by atoms with Crippen LogP contribution in [0, 0.1) is 5.92 Å². The van der Waals surface area contributed by atoms with E-state index in [4.69, 9.17) is 4.74 Å². The van der Waals surface area contributed by atoms with Crippen LogP contribution in [0.2, 0.25) is 0 Å². The van der Waals surface area contributed by atoms with Crippen LogP contribution in [0.1, 0.15) is 36.3 Å². The van der Waals surface area contributed by atoms with Gasteiger partial charge >= 0.3 is 0 Å². The second-order valence-corrected chi connectivity index (χ2v) is 8.03. The molecule has 0 bridgehead atoms. The molecule has 0 aromatic heterocycles. The highest BCUT2D eigenvalue weighted by molar-refractivity contribution is 5.78. The number of likely N-dealkylation sites (tertiary alicyclic amines) is 1. The van der Waals surface area contributed by atoms with E-state index in [2.05, 4.69) is 24.3 Å². The van der Waals surface area contributed by atoms with Crippen LogP contribution < -0.4 is 4.74 Å². The summed E-state index contributed by atoms with van der Waals surface area (Å²) < 4.78 is 5.92. The first-order valence-electron chi connectivity index (χ1n) is 10.8. The molecule has 154 valence electrons. The Morgan fingerprint density at radius 1 is 0.800 bits per heavy atom. The number of carbonyl (C=O) groups is 1. The van der Waals surface area contributed by atoms with Gasteiger partial charge in [0.15, 0.2) is 0 Å². The summed E-state index contributed by atoms with van der Waals surface area (Å²) >= 11 is 0. The zero-order valence-electron chi connectivity index (χ0n) is 17.3. The number of rotatable bonds is 7. The Balaban J connectivity index is 1.34. The molecule has 1 heterocycles. The Hall–Kier alpha value is -3.07. The maximum Gasteiger partial charge on any atom is 0.223 e. The van der Waals surface area contributed by atoms with Crippen molar-refractivity contribution in [2.24, 2.45) is 5.92 Å². The standard InChI is InChI=1S/C27H29NO2/c29-27(20-26(23-10-4-1-5-11-23)24-12-6-2-7-13-24)28-18-16-22(17-19-28)21-30-25-14-8-3-9-15-25/h1-15,22,26H,16-21H2. The molecular formula is C27H29NO2. The van der Waals surface area contributed by atoms with Gasteiger partial charge in [0.1, 0.15) is 5.75 Å². The predicted molar refractivity (Wildman–Crippen MR) is 121 cm³/mol. The fourth-order valence-corrected chi connectivity index (χ4v) is 4.18. The van der Waals surface area contributed by atoms with Gasteiger partial charge in [0.2, 0.25) is 5.91 Å². The summed E-state index contributed by atoms with van der Waals surface area (Å²) in [5, 5.41) is 0. The van der Waals surface area contributed by atoms with Crippen molar-refractivity contribution >= 4 is 5.91 Å². The molecule has 0 saturated carbocycles. The van der Waals surface area contributed by atoms with Gasteiger partial charge in [-0.05, 0) is 42.0 Å². The molecule has 3 nitrogen and oxygen atoms in total. The third-order valence-corrected chi connectivity index (χ3v) is 5.98. The average molecular weight is 400 g/mol. The van der Waals surface area contributed by atoms with Crippen LogP contribution in [0.5, 0.6) is 5.75 Å². The van der Waals surface area contributed by atoms with E-state index in [1.165, 1.54) is 11.1 Å². The van der Waals surface area contributed by atoms with E-state index in [0.29, 0.717) is 12.3 Å². The summed E-state index contributed by atoms with van der Waals surface area (Å²) in [6.07, 6.45) is 2.51. The quantitative estimate of drug-likeness (QED) is 0.523. The van der Waals surface area contributed by atoms with E-state index in [1.807, 2.05) is 71.6 Å². The molecule has 1 amide bonds. The monoisotopic (exact) mass is 399 g/mol. The van der Waals surface area contributed by atoms with E-state index in [-0.39, 0.29) is 11.8 Å². The van der Waals surface area contributed by atoms with Gasteiger partial charge < -0.3 is 9.64 Å². The molecule has 1 aliphatic heterocycles. The zero-order valence-corrected chi connectivity index (χ0v) is 17.3. The maximum absolute atomic E-state index is 13.1. The summed E-state index contributed by atoms with van der Waals surface area (Å²) in [5.74, 6) is 1.77. The van der Waals surface area contributed by atoms with Crippen molar-refractivity contribution in [1.29, 1.82) is 0 Å². The second-order valence-electron chi connectivity index (χ2n) is 8.03. The number of para-hydroxylation sites is 1. The van der Waals surface area contributed by atoms with Crippen molar-refractivity contribution in [2.45, 2.75) is 25.2 Å². The number of amides is 1. The molecule has 0 radical (unpaired) electrons. The van der Waals surface area contributed by atoms with Gasteiger partial charge in [0.05, 0.1) is 6.61 Å². The van der Waals surface area contributed by atoms with Crippen molar-refractivity contribution in [3.8, 4) is 5.75 Å². The van der Waals surface area contributed by atoms with Crippen molar-refractivity contribution in [1.82, 2.24) is 4.90 Å². The summed E-state index contributed by atoms with van der Waals surface area (Å²) in [7, 11) is 0. The fourth-order valence-electron chi connectivity index (χ4n) is 4.18. The van der Waals surface area contributed by atoms with Crippen molar-refractivity contribution in [2.75, 3.05) is 19.7 Å². The molecule has 0 spiro atoms. The lowest BCUT2D eigenvalue weighted by atomic mass is 9.87. The summed E-state index contributed by atoms with van der Waals surface area (Å²) in [6.45, 7) is 2.36. The molecule has 0 atom stereocenters. The molecule has 30 heavy (non-hydrogen) atoms. The maximum atomic E-state index is 13.1. The van der Waals surface area contributed by atoms with Crippen LogP contribution in [0.4, 0.5) is 0 Å². The molecule has 0 N–H and O–H groups in total. The highest BCUT2D eigenvalue weighted by Gasteiger charge is 2.26. The molecule has 3 heteroatoms. The minimum atomic E-state index is 0.0963. The molecule has 3 aromatic carbocycles. The molecule has 1 fully saturated rings. The van der Waals surface area contributed by atoms with Crippen molar-refractivity contribution < 1.29 is 9.53 Å². The summed E-state index contributed by atoms with van der Waals surface area (Å²) in [4.78, 5) is 15.2. The highest BCUT2D eigenvalue weighted by Crippen LogP contribution is 2.29. The normalized spacial score (nSPS) is 14.6. The Kier molecular flexibility index (Phi) is 6.81. The Labute approximate surface area is 179 Å². The zero-order chi connectivity index (χ0) is 20.6. The third kappa shape index (κ3) is 5.29. The molecule has 1 aliphatic rings. The Morgan fingerprint density at radius 3 is 1.83 bits per heavy atom. The molecule has 0 aliphatic carbocycles. The Morgan fingerprint density at radius 2 is 1.30 bits per heavy atom. The van der Waals surface area contributed by atoms with E-state index < -0.39 is 0 Å². The van der Waals surface area contributed by atoms with E-state index in [0.717, 1.165) is 38.3 Å². The number of piperidine rings is 1. The first-order valence-corrected chi connectivity index (χ1v) is 10.8. The number of ether oxygens (including phenoxy) is 1. The average Bonchev–Trinajstić information content (AvgIpc) is 2.83. The lowest BCUT2D eigenvalue weighted by Crippen LogP contribution is -2.40. The summed E-state index contributed by atoms with van der Waals surface area (Å²) in [5.41, 5.74) is 2.39. The number of hydrogen-bond acceptors (Lipinski definition) is 2. The molecular weight excluding hydrogens is 370 g/mol. The largest absolute Gasteiger partial charge is 0.493 e. The van der Waals surface area contributed by atoms with Crippen LogP contribution in [0.15, 0.2) is 91.0 Å². The smallest absolute Gasteiger partial charge is 0.223 e. The van der Waals surface area contributed by atoms with Crippen LogP contribution in [-0.4, -0.2) is 30.5 Å². The van der Waals surface area contributed by atoms with E-state index in [1.54, 1.807) is 0 Å². The van der Waals surface area contributed by atoms with Crippen LogP contribution >= 0.6 is 0 Å². The van der Waals surface area contributed by atoms with E-state index >= 15 is 0 Å². The van der Waals surface area contributed by atoms with Gasteiger partial charge in [-0.2, -0.15) is 0 Å². The predicted octanol–water partition coefficient (Wildman–Crippen LogP) is 5.53. The van der Waals surface area contributed by atoms with Crippen LogP contribution in [0.25, 0.3) is 0 Å². The van der Waals surface area contributed by atoms with Gasteiger partial charge in [-0.1, -0.05) is 78.9 Å². The van der Waals surface area contributed by atoms with Gasteiger partial charge in [-0.25, -0.2) is 0 Å². The lowest BCUT2D eigenvalue weighted by Gasteiger charge is -2.33. The van der Waals surface area contributed by atoms with Gasteiger partial charge in [0, 0.05) is 25.4 Å². The Bertz CT molecular complexity index is 864. The van der Waals surface area contributed by atoms with Crippen molar-refractivity contribution in [3.05, 3.63) is 102 Å². The number of carbonyl (C=O) groups excluding carboxylic acids is 1. The second kappa shape index (κ2) is 10.1. The third-order valence-electron chi connectivity index (χ3n) is 5.98. The van der Waals surface area contributed by atoms with E-state index in [9.17, 15) is 4.79 Å². The SMILES string of the molecule is O=C(CC(c1ccccc1)c1ccccc1)N1CCC(COc2ccccc2)CC1. The van der Waals surface area contributed by atoms with Crippen LogP contribution in [-0.2, 0) is 4.79 Å².